The molecule has 0 aromatic carbocycles. The fraction of sp³-hybridized carbons (Fsp3) is 0.412. The van der Waals surface area contributed by atoms with Crippen LogP contribution < -0.4 is 5.32 Å². The third-order valence-electron chi connectivity index (χ3n) is 4.00. The van der Waals surface area contributed by atoms with Gasteiger partial charge < -0.3 is 5.32 Å². The highest BCUT2D eigenvalue weighted by Gasteiger charge is 2.20. The third kappa shape index (κ3) is 3.55. The number of amides is 1. The van der Waals surface area contributed by atoms with Crippen molar-refractivity contribution >= 4 is 45.0 Å². The standard InChI is InChI=1S/C17H21N5OS2/c1-9(2)22-13(6-7-20-22)21-15(23)12(5)25-17-14-10(3)11(4)24-16(14)18-8-19-17/h6-9,12H,1-5H3,(H,21,23)/t12-/m0/s1. The first-order valence-electron chi connectivity index (χ1n) is 8.10. The van der Waals surface area contributed by atoms with E-state index >= 15 is 0 Å². The van der Waals surface area contributed by atoms with Crippen LogP contribution in [0.15, 0.2) is 23.6 Å². The zero-order chi connectivity index (χ0) is 18.1. The smallest absolute Gasteiger partial charge is 0.238 e. The molecular formula is C17H21N5OS2. The molecule has 0 bridgehead atoms. The van der Waals surface area contributed by atoms with E-state index in [0.717, 1.165) is 15.2 Å². The number of carbonyl (C=O) groups is 1. The van der Waals surface area contributed by atoms with E-state index in [2.05, 4.69) is 34.2 Å². The zero-order valence-corrected chi connectivity index (χ0v) is 16.5. The number of nitrogens with zero attached hydrogens (tertiary/aromatic N) is 4. The molecule has 0 saturated heterocycles. The van der Waals surface area contributed by atoms with Crippen LogP contribution in [-0.2, 0) is 4.79 Å². The number of carbonyl (C=O) groups excluding carboxylic acids is 1. The van der Waals surface area contributed by atoms with E-state index < -0.39 is 0 Å². The van der Waals surface area contributed by atoms with Gasteiger partial charge in [0.25, 0.3) is 0 Å². The summed E-state index contributed by atoms with van der Waals surface area (Å²) in [4.78, 5) is 23.6. The van der Waals surface area contributed by atoms with Crippen molar-refractivity contribution in [2.75, 3.05) is 5.32 Å². The lowest BCUT2D eigenvalue weighted by Gasteiger charge is -2.15. The summed E-state index contributed by atoms with van der Waals surface area (Å²) in [6, 6.07) is 2.00. The molecule has 0 spiro atoms. The second kappa shape index (κ2) is 7.13. The Labute approximate surface area is 155 Å². The topological polar surface area (TPSA) is 72.7 Å². The van der Waals surface area contributed by atoms with Crippen LogP contribution in [0.25, 0.3) is 10.2 Å². The van der Waals surface area contributed by atoms with Crippen LogP contribution in [0.2, 0.25) is 0 Å². The summed E-state index contributed by atoms with van der Waals surface area (Å²) in [5.74, 6) is 0.645. The van der Waals surface area contributed by atoms with Gasteiger partial charge >= 0.3 is 0 Å². The summed E-state index contributed by atoms with van der Waals surface area (Å²) in [7, 11) is 0. The molecule has 0 saturated carbocycles. The van der Waals surface area contributed by atoms with Crippen LogP contribution in [0, 0.1) is 13.8 Å². The zero-order valence-electron chi connectivity index (χ0n) is 14.9. The number of hydrogen-bond acceptors (Lipinski definition) is 6. The SMILES string of the molecule is Cc1sc2ncnc(S[C@@H](C)C(=O)Nc3ccnn3C(C)C)c2c1C. The molecule has 0 fully saturated rings. The molecule has 1 atom stereocenters. The first-order chi connectivity index (χ1) is 11.9. The van der Waals surface area contributed by atoms with Gasteiger partial charge in [0.1, 0.15) is 22.0 Å². The minimum absolute atomic E-state index is 0.0660. The van der Waals surface area contributed by atoms with E-state index in [9.17, 15) is 4.79 Å². The highest BCUT2D eigenvalue weighted by atomic mass is 32.2. The first kappa shape index (κ1) is 17.9. The Morgan fingerprint density at radius 2 is 2.04 bits per heavy atom. The number of thioether (sulfide) groups is 1. The van der Waals surface area contributed by atoms with Crippen molar-refractivity contribution in [2.45, 2.75) is 50.9 Å². The van der Waals surface area contributed by atoms with Gasteiger partial charge in [-0.3, -0.25) is 4.79 Å². The summed E-state index contributed by atoms with van der Waals surface area (Å²) in [5.41, 5.74) is 1.19. The number of aromatic nitrogens is 4. The first-order valence-corrected chi connectivity index (χ1v) is 9.79. The van der Waals surface area contributed by atoms with Gasteiger partial charge in [-0.05, 0) is 40.2 Å². The Morgan fingerprint density at radius 3 is 2.76 bits per heavy atom. The van der Waals surface area contributed by atoms with Crippen LogP contribution >= 0.6 is 23.1 Å². The number of hydrogen-bond donors (Lipinski definition) is 1. The minimum atomic E-state index is -0.284. The molecule has 6 nitrogen and oxygen atoms in total. The number of nitrogens with one attached hydrogen (secondary N) is 1. The number of aryl methyl sites for hydroxylation is 2. The van der Waals surface area contributed by atoms with Crippen molar-refractivity contribution in [3.8, 4) is 0 Å². The minimum Gasteiger partial charge on any atom is -0.310 e. The van der Waals surface area contributed by atoms with E-state index in [1.807, 2.05) is 26.8 Å². The fourth-order valence-electron chi connectivity index (χ4n) is 2.51. The van der Waals surface area contributed by atoms with Gasteiger partial charge in [0, 0.05) is 22.4 Å². The van der Waals surface area contributed by atoms with Crippen LogP contribution in [-0.4, -0.2) is 30.9 Å². The van der Waals surface area contributed by atoms with Gasteiger partial charge in [-0.25, -0.2) is 14.6 Å². The molecular weight excluding hydrogens is 354 g/mol. The average Bonchev–Trinajstić information content (AvgIpc) is 3.13. The van der Waals surface area contributed by atoms with Crippen molar-refractivity contribution in [1.29, 1.82) is 0 Å². The lowest BCUT2D eigenvalue weighted by atomic mass is 10.2. The number of fused-ring (bicyclic) bond motifs is 1. The largest absolute Gasteiger partial charge is 0.310 e. The molecule has 3 aromatic heterocycles. The molecule has 0 unspecified atom stereocenters. The maximum absolute atomic E-state index is 12.6. The monoisotopic (exact) mass is 375 g/mol. The molecule has 0 aliphatic rings. The van der Waals surface area contributed by atoms with Gasteiger partial charge in [0.2, 0.25) is 5.91 Å². The van der Waals surface area contributed by atoms with E-state index in [1.54, 1.807) is 28.5 Å². The lowest BCUT2D eigenvalue weighted by molar-refractivity contribution is -0.115. The second-order valence-corrected chi connectivity index (χ2v) is 8.68. The fourth-order valence-corrected chi connectivity index (χ4v) is 4.55. The Hall–Kier alpha value is -1.93. The van der Waals surface area contributed by atoms with Crippen molar-refractivity contribution in [3.05, 3.63) is 29.0 Å². The molecule has 3 aromatic rings. The molecule has 0 radical (unpaired) electrons. The van der Waals surface area contributed by atoms with Crippen LogP contribution in [0.3, 0.4) is 0 Å². The Morgan fingerprint density at radius 1 is 1.28 bits per heavy atom. The summed E-state index contributed by atoms with van der Waals surface area (Å²) in [5, 5.41) is 8.83. The lowest BCUT2D eigenvalue weighted by Crippen LogP contribution is -2.24. The van der Waals surface area contributed by atoms with Gasteiger partial charge in [-0.2, -0.15) is 5.10 Å². The molecule has 1 amide bonds. The molecule has 3 heterocycles. The molecule has 1 N–H and O–H groups in total. The van der Waals surface area contributed by atoms with E-state index in [1.165, 1.54) is 22.2 Å². The number of anilines is 1. The summed E-state index contributed by atoms with van der Waals surface area (Å²) >= 11 is 3.12. The Bertz CT molecular complexity index is 915. The molecule has 3 rings (SSSR count). The normalized spacial score (nSPS) is 12.7. The van der Waals surface area contributed by atoms with Crippen LogP contribution in [0.4, 0.5) is 5.82 Å². The van der Waals surface area contributed by atoms with E-state index in [-0.39, 0.29) is 17.2 Å². The molecule has 8 heteroatoms. The highest BCUT2D eigenvalue weighted by molar-refractivity contribution is 8.00. The van der Waals surface area contributed by atoms with Crippen LogP contribution in [0.1, 0.15) is 37.3 Å². The summed E-state index contributed by atoms with van der Waals surface area (Å²) in [6.45, 7) is 10.1. The second-order valence-electron chi connectivity index (χ2n) is 6.15. The quantitative estimate of drug-likeness (QED) is 0.534. The predicted molar refractivity (Wildman–Crippen MR) is 103 cm³/mol. The van der Waals surface area contributed by atoms with Gasteiger partial charge in [0.05, 0.1) is 11.4 Å². The van der Waals surface area contributed by atoms with Crippen molar-refractivity contribution in [2.24, 2.45) is 0 Å². The van der Waals surface area contributed by atoms with Gasteiger partial charge in [0.15, 0.2) is 0 Å². The van der Waals surface area contributed by atoms with E-state index in [4.69, 9.17) is 0 Å². The molecule has 25 heavy (non-hydrogen) atoms. The molecule has 0 aliphatic carbocycles. The van der Waals surface area contributed by atoms with Gasteiger partial charge in [-0.15, -0.1) is 11.3 Å². The Balaban J connectivity index is 1.79. The average molecular weight is 376 g/mol. The van der Waals surface area contributed by atoms with Crippen molar-refractivity contribution in [3.63, 3.8) is 0 Å². The maximum Gasteiger partial charge on any atom is 0.238 e. The Kier molecular flexibility index (Phi) is 5.10. The number of rotatable bonds is 5. The maximum atomic E-state index is 12.6. The van der Waals surface area contributed by atoms with Crippen LogP contribution in [0.5, 0.6) is 0 Å². The van der Waals surface area contributed by atoms with Crippen molar-refractivity contribution < 1.29 is 4.79 Å². The highest BCUT2D eigenvalue weighted by Crippen LogP contribution is 2.36. The predicted octanol–water partition coefficient (Wildman–Crippen LogP) is 4.20. The van der Waals surface area contributed by atoms with Gasteiger partial charge in [-0.1, -0.05) is 11.8 Å². The molecule has 132 valence electrons. The van der Waals surface area contributed by atoms with Crippen molar-refractivity contribution in [1.82, 2.24) is 19.7 Å². The summed E-state index contributed by atoms with van der Waals surface area (Å²) in [6.07, 6.45) is 3.26. The van der Waals surface area contributed by atoms with E-state index in [0.29, 0.717) is 5.82 Å². The summed E-state index contributed by atoms with van der Waals surface area (Å²) < 4.78 is 1.80. The third-order valence-corrected chi connectivity index (χ3v) is 6.21. The molecule has 0 aliphatic heterocycles. The number of thiophene rings is 1.